The highest BCUT2D eigenvalue weighted by Gasteiger charge is 2.32. The minimum atomic E-state index is -0.221. The number of methoxy groups -OCH3 is 2. The Morgan fingerprint density at radius 3 is 2.45 bits per heavy atom. The van der Waals surface area contributed by atoms with Crippen molar-refractivity contribution in [3.8, 4) is 5.75 Å². The lowest BCUT2D eigenvalue weighted by Gasteiger charge is -2.40. The Hall–Kier alpha value is -3.04. The summed E-state index contributed by atoms with van der Waals surface area (Å²) in [4.78, 5) is 4.63. The summed E-state index contributed by atoms with van der Waals surface area (Å²) in [6, 6.07) is 14.5. The van der Waals surface area contributed by atoms with Crippen LogP contribution >= 0.6 is 0 Å². The maximum Gasteiger partial charge on any atom is 0.173 e. The van der Waals surface area contributed by atoms with E-state index in [1.807, 2.05) is 30.3 Å². The molecule has 0 bridgehead atoms. The number of nitrogens with zero attached hydrogens (tertiary/aromatic N) is 6. The third-order valence-electron chi connectivity index (χ3n) is 5.62. The summed E-state index contributed by atoms with van der Waals surface area (Å²) in [5, 5.41) is 12.5. The van der Waals surface area contributed by atoms with Gasteiger partial charge in [-0.3, -0.25) is 4.90 Å². The van der Waals surface area contributed by atoms with Crippen LogP contribution in [-0.2, 0) is 11.3 Å². The average molecular weight is 426 g/mol. The summed E-state index contributed by atoms with van der Waals surface area (Å²) in [5.41, 5.74) is 2.05. The Morgan fingerprint density at radius 1 is 1.00 bits per heavy atom. The van der Waals surface area contributed by atoms with Crippen LogP contribution in [0.25, 0.3) is 0 Å². The van der Waals surface area contributed by atoms with E-state index in [9.17, 15) is 4.39 Å². The van der Waals surface area contributed by atoms with E-state index < -0.39 is 0 Å². The Balaban J connectivity index is 1.61. The first-order chi connectivity index (χ1) is 15.2. The van der Waals surface area contributed by atoms with Gasteiger partial charge in [-0.1, -0.05) is 18.2 Å². The highest BCUT2D eigenvalue weighted by atomic mass is 19.1. The minimum absolute atomic E-state index is 0.154. The molecule has 2 heterocycles. The van der Waals surface area contributed by atoms with E-state index >= 15 is 0 Å². The molecule has 164 valence electrons. The van der Waals surface area contributed by atoms with E-state index in [0.717, 1.165) is 49.0 Å². The van der Waals surface area contributed by atoms with E-state index in [0.29, 0.717) is 13.2 Å². The van der Waals surface area contributed by atoms with Crippen molar-refractivity contribution in [1.82, 2.24) is 25.1 Å². The molecule has 1 fully saturated rings. The van der Waals surface area contributed by atoms with Gasteiger partial charge in [-0.25, -0.2) is 9.07 Å². The number of para-hydroxylation sites is 1. The molecule has 0 aliphatic carbocycles. The van der Waals surface area contributed by atoms with Crippen molar-refractivity contribution >= 4 is 5.69 Å². The Bertz CT molecular complexity index is 972. The molecular weight excluding hydrogens is 399 g/mol. The first kappa shape index (κ1) is 21.2. The molecule has 4 rings (SSSR count). The molecule has 1 unspecified atom stereocenters. The van der Waals surface area contributed by atoms with Crippen molar-refractivity contribution in [2.45, 2.75) is 12.6 Å². The fraction of sp³-hybridized carbons (Fsp3) is 0.409. The molecule has 9 heteroatoms. The van der Waals surface area contributed by atoms with E-state index in [2.05, 4.69) is 31.4 Å². The van der Waals surface area contributed by atoms with Gasteiger partial charge >= 0.3 is 0 Å². The molecule has 2 aromatic carbocycles. The molecule has 0 spiro atoms. The number of hydrogen-bond donors (Lipinski definition) is 0. The van der Waals surface area contributed by atoms with Crippen LogP contribution in [0.15, 0.2) is 48.5 Å². The van der Waals surface area contributed by atoms with Gasteiger partial charge in [-0.2, -0.15) is 0 Å². The molecule has 0 amide bonds. The second-order valence-corrected chi connectivity index (χ2v) is 7.40. The second kappa shape index (κ2) is 9.84. The number of hydrogen-bond acceptors (Lipinski definition) is 7. The van der Waals surface area contributed by atoms with Crippen molar-refractivity contribution in [2.75, 3.05) is 51.9 Å². The van der Waals surface area contributed by atoms with Crippen molar-refractivity contribution in [2.24, 2.45) is 0 Å². The van der Waals surface area contributed by atoms with Gasteiger partial charge in [-0.15, -0.1) is 5.10 Å². The minimum Gasteiger partial charge on any atom is -0.496 e. The monoisotopic (exact) mass is 426 g/mol. The number of piperazine rings is 1. The van der Waals surface area contributed by atoms with Crippen LogP contribution < -0.4 is 9.64 Å². The standard InChI is InChI=1S/C22H27FN6O2/c1-30-16-15-29-22(24-25-26-29)21(19-5-3-4-6-20(19)31-2)28-13-11-27(12-14-28)18-9-7-17(23)8-10-18/h3-10,21H,11-16H2,1-2H3. The van der Waals surface area contributed by atoms with Crippen LogP contribution in [0.5, 0.6) is 5.75 Å². The number of anilines is 1. The number of tetrazole rings is 1. The zero-order valence-electron chi connectivity index (χ0n) is 17.8. The van der Waals surface area contributed by atoms with E-state index in [1.54, 1.807) is 18.9 Å². The third kappa shape index (κ3) is 4.67. The normalized spacial score (nSPS) is 15.8. The number of halogens is 1. The van der Waals surface area contributed by atoms with Gasteiger partial charge in [0.15, 0.2) is 5.82 Å². The Morgan fingerprint density at radius 2 is 1.74 bits per heavy atom. The van der Waals surface area contributed by atoms with Crippen LogP contribution in [0.1, 0.15) is 17.4 Å². The predicted molar refractivity (Wildman–Crippen MR) is 115 cm³/mol. The van der Waals surface area contributed by atoms with Gasteiger partial charge in [0, 0.05) is 44.5 Å². The molecule has 1 aliphatic rings. The molecule has 8 nitrogen and oxygen atoms in total. The highest BCUT2D eigenvalue weighted by Crippen LogP contribution is 2.34. The van der Waals surface area contributed by atoms with Crippen molar-refractivity contribution < 1.29 is 13.9 Å². The molecule has 0 radical (unpaired) electrons. The first-order valence-electron chi connectivity index (χ1n) is 10.3. The lowest BCUT2D eigenvalue weighted by Crippen LogP contribution is -2.48. The van der Waals surface area contributed by atoms with Crippen LogP contribution in [-0.4, -0.2) is 72.1 Å². The fourth-order valence-electron chi connectivity index (χ4n) is 4.03. The summed E-state index contributed by atoms with van der Waals surface area (Å²) < 4.78 is 26.0. The highest BCUT2D eigenvalue weighted by molar-refractivity contribution is 5.47. The molecule has 1 atom stereocenters. The topological polar surface area (TPSA) is 68.5 Å². The Labute approximate surface area is 181 Å². The first-order valence-corrected chi connectivity index (χ1v) is 10.3. The van der Waals surface area contributed by atoms with Crippen molar-refractivity contribution in [3.63, 3.8) is 0 Å². The van der Waals surface area contributed by atoms with Gasteiger partial charge < -0.3 is 14.4 Å². The lowest BCUT2D eigenvalue weighted by atomic mass is 10.0. The summed E-state index contributed by atoms with van der Waals surface area (Å²) in [5.74, 6) is 1.34. The molecule has 1 aliphatic heterocycles. The smallest absolute Gasteiger partial charge is 0.173 e. The maximum absolute atomic E-state index is 13.3. The van der Waals surface area contributed by atoms with Crippen molar-refractivity contribution in [3.05, 3.63) is 65.7 Å². The number of aromatic nitrogens is 4. The van der Waals surface area contributed by atoms with Crippen molar-refractivity contribution in [1.29, 1.82) is 0 Å². The maximum atomic E-state index is 13.3. The van der Waals surface area contributed by atoms with E-state index in [1.165, 1.54) is 12.1 Å². The number of ether oxygens (including phenoxy) is 2. The molecule has 0 N–H and O–H groups in total. The quantitative estimate of drug-likeness (QED) is 0.548. The number of rotatable bonds is 8. The molecule has 1 saturated heterocycles. The third-order valence-corrected chi connectivity index (χ3v) is 5.62. The largest absolute Gasteiger partial charge is 0.496 e. The van der Waals surface area contributed by atoms with Crippen LogP contribution in [0.4, 0.5) is 10.1 Å². The number of benzene rings is 2. The predicted octanol–water partition coefficient (Wildman–Crippen LogP) is 2.38. The van der Waals surface area contributed by atoms with E-state index in [-0.39, 0.29) is 11.9 Å². The zero-order valence-corrected chi connectivity index (χ0v) is 17.8. The molecule has 0 saturated carbocycles. The van der Waals surface area contributed by atoms with Crippen LogP contribution in [0.2, 0.25) is 0 Å². The summed E-state index contributed by atoms with van der Waals surface area (Å²) in [6.45, 7) is 4.33. The summed E-state index contributed by atoms with van der Waals surface area (Å²) >= 11 is 0. The molecular formula is C22H27FN6O2. The van der Waals surface area contributed by atoms with Gasteiger partial charge in [0.05, 0.1) is 20.3 Å². The van der Waals surface area contributed by atoms with Gasteiger partial charge in [0.2, 0.25) is 0 Å². The van der Waals surface area contributed by atoms with Gasteiger partial charge in [-0.05, 0) is 40.8 Å². The zero-order chi connectivity index (χ0) is 21.6. The Kier molecular flexibility index (Phi) is 6.73. The van der Waals surface area contributed by atoms with Gasteiger partial charge in [0.25, 0.3) is 0 Å². The molecule has 3 aromatic rings. The molecule has 31 heavy (non-hydrogen) atoms. The lowest BCUT2D eigenvalue weighted by molar-refractivity contribution is 0.171. The summed E-state index contributed by atoms with van der Waals surface area (Å²) in [7, 11) is 3.34. The van der Waals surface area contributed by atoms with Gasteiger partial charge in [0.1, 0.15) is 17.6 Å². The second-order valence-electron chi connectivity index (χ2n) is 7.40. The fourth-order valence-corrected chi connectivity index (χ4v) is 4.03. The molecule has 1 aromatic heterocycles. The van der Waals surface area contributed by atoms with Crippen LogP contribution in [0, 0.1) is 5.82 Å². The van der Waals surface area contributed by atoms with Crippen LogP contribution in [0.3, 0.4) is 0 Å². The average Bonchev–Trinajstić information content (AvgIpc) is 3.27. The van der Waals surface area contributed by atoms with E-state index in [4.69, 9.17) is 9.47 Å². The SMILES string of the molecule is COCCn1nnnc1C(c1ccccc1OC)N1CCN(c2ccc(F)cc2)CC1. The summed E-state index contributed by atoms with van der Waals surface area (Å²) in [6.07, 6.45) is 0.